The van der Waals surface area contributed by atoms with Crippen molar-refractivity contribution in [1.82, 2.24) is 9.88 Å². The van der Waals surface area contributed by atoms with Gasteiger partial charge >= 0.3 is 0 Å². The zero-order valence-electron chi connectivity index (χ0n) is 13.0. The minimum absolute atomic E-state index is 0.00638. The van der Waals surface area contributed by atoms with Gasteiger partial charge in [-0.05, 0) is 37.4 Å². The maximum atomic E-state index is 12.3. The fraction of sp³-hybridized carbons (Fsp3) is 0.267. The largest absolute Gasteiger partial charge is 0.458 e. The number of aliphatic hydroxyl groups is 1. The number of hydrogen-bond acceptors (Lipinski definition) is 7. The van der Waals surface area contributed by atoms with Gasteiger partial charge in [-0.15, -0.1) is 0 Å². The molecule has 24 heavy (non-hydrogen) atoms. The Balaban J connectivity index is 1.71. The third-order valence-corrected chi connectivity index (χ3v) is 5.81. The lowest BCUT2D eigenvalue weighted by molar-refractivity contribution is 0.155. The molecule has 0 aliphatic carbocycles. The van der Waals surface area contributed by atoms with Crippen molar-refractivity contribution in [1.29, 1.82) is 0 Å². The van der Waals surface area contributed by atoms with E-state index in [9.17, 15) is 13.5 Å². The molecule has 0 saturated heterocycles. The third kappa shape index (κ3) is 3.29. The summed E-state index contributed by atoms with van der Waals surface area (Å²) in [5.41, 5.74) is 1.18. The SMILES string of the molecule is Cc1noc(C)c1S(=O)(=O)NC[C@@H](O)c1ccc(-c2ccsc2)o1. The standard InChI is InChI=1S/C15H16N2O5S2/c1-9-15(10(2)22-17-9)24(19,20)16-7-12(18)14-4-3-13(21-14)11-5-6-23-8-11/h3-6,8,12,16,18H,7H2,1-2H3/t12-/m1/s1. The van der Waals surface area contributed by atoms with Gasteiger partial charge in [0.15, 0.2) is 5.76 Å². The van der Waals surface area contributed by atoms with Crippen LogP contribution in [-0.2, 0) is 10.0 Å². The lowest BCUT2D eigenvalue weighted by Gasteiger charge is -2.10. The topological polar surface area (TPSA) is 106 Å². The number of aromatic nitrogens is 1. The Morgan fingerprint density at radius 2 is 2.12 bits per heavy atom. The van der Waals surface area contributed by atoms with E-state index in [0.717, 1.165) is 5.56 Å². The van der Waals surface area contributed by atoms with Crippen molar-refractivity contribution in [2.24, 2.45) is 0 Å². The maximum absolute atomic E-state index is 12.3. The van der Waals surface area contributed by atoms with Crippen LogP contribution in [-0.4, -0.2) is 25.2 Å². The van der Waals surface area contributed by atoms with Gasteiger partial charge in [-0.25, -0.2) is 13.1 Å². The molecule has 7 nitrogen and oxygen atoms in total. The molecule has 3 rings (SSSR count). The molecule has 0 bridgehead atoms. The molecule has 1 atom stereocenters. The van der Waals surface area contributed by atoms with Crippen LogP contribution >= 0.6 is 11.3 Å². The van der Waals surface area contributed by atoms with E-state index in [1.54, 1.807) is 19.1 Å². The second-order valence-electron chi connectivity index (χ2n) is 5.24. The molecule has 3 aromatic rings. The summed E-state index contributed by atoms with van der Waals surface area (Å²) >= 11 is 1.54. The van der Waals surface area contributed by atoms with Crippen molar-refractivity contribution < 1.29 is 22.5 Å². The van der Waals surface area contributed by atoms with Gasteiger partial charge in [0.25, 0.3) is 0 Å². The second kappa shape index (κ2) is 6.52. The van der Waals surface area contributed by atoms with Crippen LogP contribution in [0.15, 0.2) is 42.8 Å². The van der Waals surface area contributed by atoms with Crippen molar-refractivity contribution in [2.75, 3.05) is 6.54 Å². The Morgan fingerprint density at radius 3 is 2.75 bits per heavy atom. The minimum atomic E-state index is -3.82. The lowest BCUT2D eigenvalue weighted by Crippen LogP contribution is -2.29. The van der Waals surface area contributed by atoms with Crippen molar-refractivity contribution in [3.8, 4) is 11.3 Å². The Kier molecular flexibility index (Phi) is 4.59. The summed E-state index contributed by atoms with van der Waals surface area (Å²) in [6.07, 6.45) is -1.10. The third-order valence-electron chi connectivity index (χ3n) is 3.46. The van der Waals surface area contributed by atoms with Gasteiger partial charge in [0, 0.05) is 17.5 Å². The van der Waals surface area contributed by atoms with Crippen LogP contribution in [0.1, 0.15) is 23.3 Å². The molecule has 0 saturated carbocycles. The number of hydrogen-bond donors (Lipinski definition) is 2. The summed E-state index contributed by atoms with van der Waals surface area (Å²) in [5, 5.41) is 17.6. The lowest BCUT2D eigenvalue weighted by atomic mass is 10.2. The molecule has 0 spiro atoms. The molecule has 0 unspecified atom stereocenters. The van der Waals surface area contributed by atoms with E-state index in [1.807, 2.05) is 16.8 Å². The maximum Gasteiger partial charge on any atom is 0.246 e. The van der Waals surface area contributed by atoms with E-state index in [2.05, 4.69) is 9.88 Å². The van der Waals surface area contributed by atoms with Gasteiger partial charge in [-0.2, -0.15) is 11.3 Å². The fourth-order valence-electron chi connectivity index (χ4n) is 2.31. The van der Waals surface area contributed by atoms with Gasteiger partial charge < -0.3 is 14.0 Å². The quantitative estimate of drug-likeness (QED) is 0.693. The van der Waals surface area contributed by atoms with Crippen LogP contribution in [0.25, 0.3) is 11.3 Å². The predicted molar refractivity (Wildman–Crippen MR) is 88.1 cm³/mol. The van der Waals surface area contributed by atoms with Crippen molar-refractivity contribution in [2.45, 2.75) is 24.8 Å². The second-order valence-corrected chi connectivity index (χ2v) is 7.72. The van der Waals surface area contributed by atoms with E-state index in [1.165, 1.54) is 18.3 Å². The first kappa shape index (κ1) is 16.9. The summed E-state index contributed by atoms with van der Waals surface area (Å²) < 4.78 is 37.4. The zero-order chi connectivity index (χ0) is 17.3. The smallest absolute Gasteiger partial charge is 0.246 e. The highest BCUT2D eigenvalue weighted by molar-refractivity contribution is 7.89. The van der Waals surface area contributed by atoms with E-state index < -0.39 is 16.1 Å². The first-order valence-electron chi connectivity index (χ1n) is 7.11. The van der Waals surface area contributed by atoms with E-state index in [-0.39, 0.29) is 28.7 Å². The van der Waals surface area contributed by atoms with E-state index >= 15 is 0 Å². The highest BCUT2D eigenvalue weighted by atomic mass is 32.2. The predicted octanol–water partition coefficient (Wildman–Crippen LogP) is 2.62. The summed E-state index contributed by atoms with van der Waals surface area (Å²) in [6, 6.07) is 5.27. The molecule has 3 heterocycles. The van der Waals surface area contributed by atoms with Gasteiger partial charge in [-0.1, -0.05) is 5.16 Å². The minimum Gasteiger partial charge on any atom is -0.458 e. The number of aryl methyl sites for hydroxylation is 2. The number of nitrogens with one attached hydrogen (secondary N) is 1. The van der Waals surface area contributed by atoms with Crippen molar-refractivity contribution in [3.05, 3.63) is 46.2 Å². The Bertz CT molecular complexity index is 906. The first-order valence-corrected chi connectivity index (χ1v) is 9.54. The summed E-state index contributed by atoms with van der Waals surface area (Å²) in [6.45, 7) is 2.84. The van der Waals surface area contributed by atoms with Crippen molar-refractivity contribution >= 4 is 21.4 Å². The molecule has 2 N–H and O–H groups in total. The van der Waals surface area contributed by atoms with Gasteiger partial charge in [0.05, 0.1) is 0 Å². The van der Waals surface area contributed by atoms with Gasteiger partial charge in [0.1, 0.15) is 28.2 Å². The molecule has 9 heteroatoms. The zero-order valence-corrected chi connectivity index (χ0v) is 14.6. The highest BCUT2D eigenvalue weighted by Crippen LogP contribution is 2.27. The number of sulfonamides is 1. The monoisotopic (exact) mass is 368 g/mol. The summed E-state index contributed by atoms with van der Waals surface area (Å²) in [5.74, 6) is 1.11. The van der Waals surface area contributed by atoms with Gasteiger partial charge in [0.2, 0.25) is 10.0 Å². The average molecular weight is 368 g/mol. The van der Waals surface area contributed by atoms with E-state index in [4.69, 9.17) is 8.94 Å². The van der Waals surface area contributed by atoms with Gasteiger partial charge in [-0.3, -0.25) is 0 Å². The number of thiophene rings is 1. The van der Waals surface area contributed by atoms with E-state index in [0.29, 0.717) is 5.76 Å². The number of aliphatic hydroxyl groups excluding tert-OH is 1. The molecule has 0 fully saturated rings. The van der Waals surface area contributed by atoms with Crippen molar-refractivity contribution in [3.63, 3.8) is 0 Å². The van der Waals surface area contributed by atoms with Crippen LogP contribution in [0.2, 0.25) is 0 Å². The molecular formula is C15H16N2O5S2. The Hall–Kier alpha value is -1.94. The van der Waals surface area contributed by atoms with Crippen LogP contribution in [0, 0.1) is 13.8 Å². The summed E-state index contributed by atoms with van der Waals surface area (Å²) in [4.78, 5) is -0.00638. The molecule has 0 aromatic carbocycles. The Morgan fingerprint density at radius 1 is 1.33 bits per heavy atom. The summed E-state index contributed by atoms with van der Waals surface area (Å²) in [7, 11) is -3.82. The van der Waals surface area contributed by atoms with Crippen LogP contribution in [0.5, 0.6) is 0 Å². The van der Waals surface area contributed by atoms with Crippen LogP contribution in [0.4, 0.5) is 0 Å². The molecule has 0 radical (unpaired) electrons. The number of nitrogens with zero attached hydrogens (tertiary/aromatic N) is 1. The molecule has 128 valence electrons. The molecule has 0 aliphatic heterocycles. The number of furan rings is 1. The first-order chi connectivity index (χ1) is 11.4. The van der Waals surface area contributed by atoms with Crippen LogP contribution < -0.4 is 4.72 Å². The number of rotatable bonds is 6. The Labute approximate surface area is 143 Å². The average Bonchev–Trinajstić information content (AvgIpc) is 3.24. The fourth-order valence-corrected chi connectivity index (χ4v) is 4.32. The molecule has 0 aliphatic rings. The molecule has 3 aromatic heterocycles. The molecular weight excluding hydrogens is 352 g/mol. The van der Waals surface area contributed by atoms with Crippen LogP contribution in [0.3, 0.4) is 0 Å². The highest BCUT2D eigenvalue weighted by Gasteiger charge is 2.25. The molecule has 0 amide bonds. The normalized spacial score (nSPS) is 13.3.